The average Bonchev–Trinajstić information content (AvgIpc) is 2.66. The molecule has 1 saturated carbocycles. The molecule has 0 aromatic rings. The van der Waals surface area contributed by atoms with Crippen LogP contribution in [-0.4, -0.2) is 23.8 Å². The molecule has 0 radical (unpaired) electrons. The fraction of sp³-hybridized carbons (Fsp3) is 1.00. The third kappa shape index (κ3) is 6.16. The number of aliphatic hydroxyl groups is 1. The van der Waals surface area contributed by atoms with E-state index < -0.39 is 0 Å². The predicted molar refractivity (Wildman–Crippen MR) is 65.0 cm³/mol. The smallest absolute Gasteiger partial charge is 0.0524 e. The quantitative estimate of drug-likeness (QED) is 0.681. The maximum atomic E-state index is 9.13. The Morgan fingerprint density at radius 3 is 2.47 bits per heavy atom. The Hall–Kier alpha value is -0.0800. The summed E-state index contributed by atoms with van der Waals surface area (Å²) in [5.41, 5.74) is 0. The maximum Gasteiger partial charge on any atom is 0.0524 e. The monoisotopic (exact) mass is 213 g/mol. The molecule has 0 aromatic heterocycles. The van der Waals surface area contributed by atoms with Crippen molar-refractivity contribution in [3.63, 3.8) is 0 Å². The molecule has 2 atom stereocenters. The van der Waals surface area contributed by atoms with Gasteiger partial charge in [0, 0.05) is 6.04 Å². The molecule has 0 spiro atoms. The molecule has 15 heavy (non-hydrogen) atoms. The van der Waals surface area contributed by atoms with Gasteiger partial charge in [-0.1, -0.05) is 25.7 Å². The van der Waals surface area contributed by atoms with E-state index in [4.69, 9.17) is 5.11 Å². The summed E-state index contributed by atoms with van der Waals surface area (Å²) in [6.45, 7) is 5.06. The summed E-state index contributed by atoms with van der Waals surface area (Å²) >= 11 is 0. The molecule has 1 fully saturated rings. The van der Waals surface area contributed by atoms with Gasteiger partial charge in [-0.15, -0.1) is 0 Å². The summed E-state index contributed by atoms with van der Waals surface area (Å²) in [5.74, 6) is 1.01. The number of nitrogens with one attached hydrogen (secondary N) is 1. The molecular formula is C13H27NO. The van der Waals surface area contributed by atoms with Crippen LogP contribution in [0.5, 0.6) is 0 Å². The lowest BCUT2D eigenvalue weighted by molar-refractivity contribution is 0.182. The van der Waals surface area contributed by atoms with Crippen LogP contribution < -0.4 is 5.32 Å². The minimum absolute atomic E-state index is 0.167. The normalized spacial score (nSPS) is 21.8. The van der Waals surface area contributed by atoms with Gasteiger partial charge in [0.15, 0.2) is 0 Å². The van der Waals surface area contributed by atoms with Crippen molar-refractivity contribution in [3.8, 4) is 0 Å². The van der Waals surface area contributed by atoms with Crippen LogP contribution in [0.2, 0.25) is 0 Å². The second kappa shape index (κ2) is 7.24. The molecule has 1 aliphatic carbocycles. The van der Waals surface area contributed by atoms with Crippen LogP contribution in [0, 0.1) is 5.92 Å². The standard InChI is InChI=1S/C13H27NO/c1-11(14-10-9-12(2)15)7-8-13-5-3-4-6-13/h11-15H,3-10H2,1-2H3. The van der Waals surface area contributed by atoms with Crippen LogP contribution in [0.1, 0.15) is 58.8 Å². The van der Waals surface area contributed by atoms with Crippen molar-refractivity contribution in [2.45, 2.75) is 70.9 Å². The van der Waals surface area contributed by atoms with Crippen molar-refractivity contribution in [1.29, 1.82) is 0 Å². The minimum atomic E-state index is -0.167. The third-order valence-corrected chi connectivity index (χ3v) is 3.54. The molecule has 90 valence electrons. The molecule has 0 bridgehead atoms. The number of aliphatic hydroxyl groups excluding tert-OH is 1. The predicted octanol–water partition coefficient (Wildman–Crippen LogP) is 2.71. The summed E-state index contributed by atoms with van der Waals surface area (Å²) in [6, 6.07) is 0.615. The van der Waals surface area contributed by atoms with Gasteiger partial charge < -0.3 is 10.4 Å². The Morgan fingerprint density at radius 2 is 1.87 bits per heavy atom. The summed E-state index contributed by atoms with van der Waals surface area (Å²) in [6.07, 6.45) is 9.21. The van der Waals surface area contributed by atoms with Crippen LogP contribution in [0.3, 0.4) is 0 Å². The Morgan fingerprint density at radius 1 is 1.20 bits per heavy atom. The molecule has 1 aliphatic rings. The Labute approximate surface area is 94.5 Å². The first kappa shape index (κ1) is 13.0. The lowest BCUT2D eigenvalue weighted by Crippen LogP contribution is -2.29. The second-order valence-corrected chi connectivity index (χ2v) is 5.22. The van der Waals surface area contributed by atoms with Crippen molar-refractivity contribution in [2.75, 3.05) is 6.54 Å². The van der Waals surface area contributed by atoms with Crippen LogP contribution in [0.4, 0.5) is 0 Å². The molecule has 0 aromatic carbocycles. The van der Waals surface area contributed by atoms with E-state index >= 15 is 0 Å². The molecule has 0 heterocycles. The van der Waals surface area contributed by atoms with Gasteiger partial charge in [0.2, 0.25) is 0 Å². The second-order valence-electron chi connectivity index (χ2n) is 5.22. The molecular weight excluding hydrogens is 186 g/mol. The summed E-state index contributed by atoms with van der Waals surface area (Å²) < 4.78 is 0. The van der Waals surface area contributed by atoms with E-state index in [1.807, 2.05) is 6.92 Å². The number of rotatable bonds is 7. The Bertz CT molecular complexity index is 153. The lowest BCUT2D eigenvalue weighted by Gasteiger charge is -2.16. The van der Waals surface area contributed by atoms with Gasteiger partial charge in [0.1, 0.15) is 0 Å². The van der Waals surface area contributed by atoms with Crippen molar-refractivity contribution >= 4 is 0 Å². The molecule has 0 saturated heterocycles. The highest BCUT2D eigenvalue weighted by molar-refractivity contribution is 4.70. The summed E-state index contributed by atoms with van der Waals surface area (Å²) in [5, 5.41) is 12.6. The molecule has 0 amide bonds. The average molecular weight is 213 g/mol. The largest absolute Gasteiger partial charge is 0.393 e. The van der Waals surface area contributed by atoms with E-state index in [-0.39, 0.29) is 6.10 Å². The first-order valence-corrected chi connectivity index (χ1v) is 6.60. The topological polar surface area (TPSA) is 32.3 Å². The first-order chi connectivity index (χ1) is 7.18. The van der Waals surface area contributed by atoms with Gasteiger partial charge >= 0.3 is 0 Å². The maximum absolute atomic E-state index is 9.13. The minimum Gasteiger partial charge on any atom is -0.393 e. The van der Waals surface area contributed by atoms with Crippen molar-refractivity contribution < 1.29 is 5.11 Å². The fourth-order valence-corrected chi connectivity index (χ4v) is 2.43. The van der Waals surface area contributed by atoms with Crippen LogP contribution in [-0.2, 0) is 0 Å². The summed E-state index contributed by atoms with van der Waals surface area (Å²) in [4.78, 5) is 0. The zero-order chi connectivity index (χ0) is 11.1. The van der Waals surface area contributed by atoms with Crippen LogP contribution in [0.25, 0.3) is 0 Å². The zero-order valence-corrected chi connectivity index (χ0v) is 10.3. The highest BCUT2D eigenvalue weighted by Gasteiger charge is 2.15. The molecule has 2 N–H and O–H groups in total. The highest BCUT2D eigenvalue weighted by atomic mass is 16.3. The van der Waals surface area contributed by atoms with Gasteiger partial charge in [-0.3, -0.25) is 0 Å². The highest BCUT2D eigenvalue weighted by Crippen LogP contribution is 2.28. The summed E-state index contributed by atoms with van der Waals surface area (Å²) in [7, 11) is 0. The molecule has 2 unspecified atom stereocenters. The van der Waals surface area contributed by atoms with E-state index in [1.165, 1.54) is 38.5 Å². The number of hydrogen-bond donors (Lipinski definition) is 2. The molecule has 1 rings (SSSR count). The van der Waals surface area contributed by atoms with Gasteiger partial charge in [-0.25, -0.2) is 0 Å². The third-order valence-electron chi connectivity index (χ3n) is 3.54. The van der Waals surface area contributed by atoms with Gasteiger partial charge in [0.25, 0.3) is 0 Å². The first-order valence-electron chi connectivity index (χ1n) is 6.60. The molecule has 2 heteroatoms. The SMILES string of the molecule is CC(O)CCNC(C)CCC1CCCC1. The van der Waals surface area contributed by atoms with Crippen LogP contribution >= 0.6 is 0 Å². The molecule has 0 aliphatic heterocycles. The Balaban J connectivity index is 1.95. The van der Waals surface area contributed by atoms with Crippen molar-refractivity contribution in [1.82, 2.24) is 5.32 Å². The van der Waals surface area contributed by atoms with Crippen molar-refractivity contribution in [2.24, 2.45) is 5.92 Å². The lowest BCUT2D eigenvalue weighted by atomic mass is 9.99. The van der Waals surface area contributed by atoms with Crippen molar-refractivity contribution in [3.05, 3.63) is 0 Å². The Kier molecular flexibility index (Phi) is 6.26. The van der Waals surface area contributed by atoms with E-state index in [9.17, 15) is 0 Å². The van der Waals surface area contributed by atoms with Crippen LogP contribution in [0.15, 0.2) is 0 Å². The molecule has 2 nitrogen and oxygen atoms in total. The zero-order valence-electron chi connectivity index (χ0n) is 10.3. The van der Waals surface area contributed by atoms with E-state index in [0.29, 0.717) is 6.04 Å². The number of hydrogen-bond acceptors (Lipinski definition) is 2. The van der Waals surface area contributed by atoms with E-state index in [2.05, 4.69) is 12.2 Å². The van der Waals surface area contributed by atoms with E-state index in [0.717, 1.165) is 18.9 Å². The van der Waals surface area contributed by atoms with Gasteiger partial charge in [-0.2, -0.15) is 0 Å². The van der Waals surface area contributed by atoms with Gasteiger partial charge in [0.05, 0.1) is 6.10 Å². The fourth-order valence-electron chi connectivity index (χ4n) is 2.43. The van der Waals surface area contributed by atoms with Gasteiger partial charge in [-0.05, 0) is 45.6 Å². The van der Waals surface area contributed by atoms with E-state index in [1.54, 1.807) is 0 Å².